The Morgan fingerprint density at radius 2 is 1.95 bits per heavy atom. The monoisotopic (exact) mass is 262 g/mol. The molecular formula is C14H12F2N2O. The number of hydrogen-bond donors (Lipinski definition) is 1. The van der Waals surface area contributed by atoms with E-state index in [2.05, 4.69) is 10.3 Å². The van der Waals surface area contributed by atoms with Crippen LogP contribution in [0.3, 0.4) is 0 Å². The number of nitrogens with zero attached hydrogens (tertiary/aromatic N) is 1. The highest BCUT2D eigenvalue weighted by atomic mass is 19.1. The standard InChI is InChI=1S/C14H12F2N2O/c15-12-6-2-1-4-10(12)7-9-18-14(19)11-5-3-8-17-13(11)16/h1-6,8H,7,9H2,(H,18,19). The molecule has 1 aromatic carbocycles. The van der Waals surface area contributed by atoms with Crippen molar-refractivity contribution >= 4 is 5.91 Å². The highest BCUT2D eigenvalue weighted by Crippen LogP contribution is 2.07. The minimum atomic E-state index is -0.814. The largest absolute Gasteiger partial charge is 0.352 e. The van der Waals surface area contributed by atoms with E-state index in [9.17, 15) is 13.6 Å². The van der Waals surface area contributed by atoms with Gasteiger partial charge < -0.3 is 5.32 Å². The number of aromatic nitrogens is 1. The van der Waals surface area contributed by atoms with Gasteiger partial charge in [-0.15, -0.1) is 0 Å². The van der Waals surface area contributed by atoms with Gasteiger partial charge in [-0.3, -0.25) is 4.79 Å². The summed E-state index contributed by atoms with van der Waals surface area (Å²) < 4.78 is 26.5. The Morgan fingerprint density at radius 3 is 2.68 bits per heavy atom. The summed E-state index contributed by atoms with van der Waals surface area (Å²) >= 11 is 0. The fraction of sp³-hybridized carbons (Fsp3) is 0.143. The summed E-state index contributed by atoms with van der Waals surface area (Å²) in [6.07, 6.45) is 1.62. The molecule has 1 aromatic heterocycles. The first-order chi connectivity index (χ1) is 9.18. The van der Waals surface area contributed by atoms with Crippen LogP contribution < -0.4 is 5.32 Å². The zero-order valence-electron chi connectivity index (χ0n) is 10.1. The summed E-state index contributed by atoms with van der Waals surface area (Å²) in [6, 6.07) is 9.16. The van der Waals surface area contributed by atoms with Crippen molar-refractivity contribution in [3.8, 4) is 0 Å². The molecule has 0 atom stereocenters. The van der Waals surface area contributed by atoms with Gasteiger partial charge in [0.05, 0.1) is 5.56 Å². The van der Waals surface area contributed by atoms with Crippen molar-refractivity contribution in [2.45, 2.75) is 6.42 Å². The van der Waals surface area contributed by atoms with Crippen molar-refractivity contribution in [2.75, 3.05) is 6.54 Å². The summed E-state index contributed by atoms with van der Waals surface area (Å²) in [5.74, 6) is -1.68. The van der Waals surface area contributed by atoms with E-state index in [0.29, 0.717) is 12.0 Å². The summed E-state index contributed by atoms with van der Waals surface area (Å²) in [6.45, 7) is 0.230. The number of benzene rings is 1. The Kier molecular flexibility index (Phi) is 4.18. The van der Waals surface area contributed by atoms with Crippen molar-refractivity contribution in [2.24, 2.45) is 0 Å². The first-order valence-corrected chi connectivity index (χ1v) is 5.80. The van der Waals surface area contributed by atoms with E-state index < -0.39 is 11.9 Å². The lowest BCUT2D eigenvalue weighted by Gasteiger charge is -2.06. The molecule has 0 aliphatic heterocycles. The van der Waals surface area contributed by atoms with Crippen LogP contribution in [0.25, 0.3) is 0 Å². The van der Waals surface area contributed by atoms with Crippen LogP contribution in [0.15, 0.2) is 42.6 Å². The quantitative estimate of drug-likeness (QED) is 0.859. The molecule has 0 saturated heterocycles. The molecule has 0 radical (unpaired) electrons. The highest BCUT2D eigenvalue weighted by Gasteiger charge is 2.11. The molecule has 0 unspecified atom stereocenters. The molecule has 5 heteroatoms. The van der Waals surface area contributed by atoms with Crippen LogP contribution in [-0.2, 0) is 6.42 Å². The Bertz CT molecular complexity index is 587. The first kappa shape index (κ1) is 13.1. The molecule has 0 aliphatic rings. The van der Waals surface area contributed by atoms with Crippen LogP contribution in [0.2, 0.25) is 0 Å². The number of carbonyl (C=O) groups is 1. The van der Waals surface area contributed by atoms with Crippen LogP contribution in [0.5, 0.6) is 0 Å². The molecular weight excluding hydrogens is 250 g/mol. The molecule has 0 bridgehead atoms. The summed E-state index contributed by atoms with van der Waals surface area (Å²) in [5, 5.41) is 2.53. The number of amides is 1. The van der Waals surface area contributed by atoms with Crippen molar-refractivity contribution in [1.29, 1.82) is 0 Å². The Balaban J connectivity index is 1.92. The van der Waals surface area contributed by atoms with Crippen LogP contribution in [0.1, 0.15) is 15.9 Å². The molecule has 0 fully saturated rings. The maximum atomic E-state index is 13.3. The molecule has 1 N–H and O–H groups in total. The Labute approximate surface area is 109 Å². The summed E-state index contributed by atoms with van der Waals surface area (Å²) in [5.41, 5.74) is 0.394. The maximum Gasteiger partial charge on any atom is 0.255 e. The first-order valence-electron chi connectivity index (χ1n) is 5.80. The average Bonchev–Trinajstić information content (AvgIpc) is 2.41. The molecule has 2 aromatic rings. The van der Waals surface area contributed by atoms with E-state index in [1.54, 1.807) is 18.2 Å². The second-order valence-electron chi connectivity index (χ2n) is 3.94. The molecule has 0 aliphatic carbocycles. The molecule has 2 rings (SSSR count). The van der Waals surface area contributed by atoms with Crippen molar-refractivity contribution in [3.63, 3.8) is 0 Å². The second-order valence-corrected chi connectivity index (χ2v) is 3.94. The average molecular weight is 262 g/mol. The molecule has 3 nitrogen and oxygen atoms in total. The third kappa shape index (κ3) is 3.34. The van der Waals surface area contributed by atoms with Crippen LogP contribution in [0.4, 0.5) is 8.78 Å². The molecule has 19 heavy (non-hydrogen) atoms. The zero-order valence-corrected chi connectivity index (χ0v) is 10.1. The van der Waals surface area contributed by atoms with Crippen LogP contribution in [-0.4, -0.2) is 17.4 Å². The van der Waals surface area contributed by atoms with Gasteiger partial charge in [0, 0.05) is 12.7 Å². The third-order valence-electron chi connectivity index (χ3n) is 2.64. The second kappa shape index (κ2) is 6.04. The van der Waals surface area contributed by atoms with Crippen molar-refractivity contribution in [3.05, 3.63) is 65.5 Å². The van der Waals surface area contributed by atoms with Gasteiger partial charge in [-0.05, 0) is 30.2 Å². The smallest absolute Gasteiger partial charge is 0.255 e. The van der Waals surface area contributed by atoms with Gasteiger partial charge in [0.2, 0.25) is 5.95 Å². The van der Waals surface area contributed by atoms with E-state index in [4.69, 9.17) is 0 Å². The van der Waals surface area contributed by atoms with Gasteiger partial charge in [-0.25, -0.2) is 9.37 Å². The van der Waals surface area contributed by atoms with E-state index in [1.165, 1.54) is 24.4 Å². The molecule has 0 saturated carbocycles. The lowest BCUT2D eigenvalue weighted by molar-refractivity contribution is 0.0949. The topological polar surface area (TPSA) is 42.0 Å². The summed E-state index contributed by atoms with van der Waals surface area (Å²) in [4.78, 5) is 15.0. The number of rotatable bonds is 4. The predicted octanol–water partition coefficient (Wildman–Crippen LogP) is 2.33. The fourth-order valence-corrected chi connectivity index (χ4v) is 1.66. The van der Waals surface area contributed by atoms with Crippen molar-refractivity contribution < 1.29 is 13.6 Å². The normalized spacial score (nSPS) is 10.2. The predicted molar refractivity (Wildman–Crippen MR) is 66.6 cm³/mol. The van der Waals surface area contributed by atoms with E-state index in [0.717, 1.165) is 0 Å². The maximum absolute atomic E-state index is 13.3. The van der Waals surface area contributed by atoms with Gasteiger partial charge in [0.25, 0.3) is 5.91 Å². The van der Waals surface area contributed by atoms with Gasteiger partial charge in [-0.1, -0.05) is 18.2 Å². The van der Waals surface area contributed by atoms with Gasteiger partial charge in [0.15, 0.2) is 0 Å². The Morgan fingerprint density at radius 1 is 1.16 bits per heavy atom. The van der Waals surface area contributed by atoms with Crippen LogP contribution >= 0.6 is 0 Å². The highest BCUT2D eigenvalue weighted by molar-refractivity contribution is 5.94. The molecule has 98 valence electrons. The third-order valence-corrected chi connectivity index (χ3v) is 2.64. The number of carbonyl (C=O) groups excluding carboxylic acids is 1. The number of hydrogen-bond acceptors (Lipinski definition) is 2. The number of nitrogens with one attached hydrogen (secondary N) is 1. The lowest BCUT2D eigenvalue weighted by atomic mass is 10.1. The van der Waals surface area contributed by atoms with Gasteiger partial charge in [0.1, 0.15) is 5.82 Å². The van der Waals surface area contributed by atoms with Crippen LogP contribution in [0, 0.1) is 11.8 Å². The van der Waals surface area contributed by atoms with E-state index in [1.807, 2.05) is 0 Å². The fourth-order valence-electron chi connectivity index (χ4n) is 1.66. The lowest BCUT2D eigenvalue weighted by Crippen LogP contribution is -2.27. The SMILES string of the molecule is O=C(NCCc1ccccc1F)c1cccnc1F. The zero-order chi connectivity index (χ0) is 13.7. The summed E-state index contributed by atoms with van der Waals surface area (Å²) in [7, 11) is 0. The minimum absolute atomic E-state index is 0.115. The number of halogens is 2. The number of pyridine rings is 1. The molecule has 0 spiro atoms. The molecule has 1 heterocycles. The van der Waals surface area contributed by atoms with Gasteiger partial charge in [-0.2, -0.15) is 4.39 Å². The van der Waals surface area contributed by atoms with E-state index in [-0.39, 0.29) is 17.9 Å². The van der Waals surface area contributed by atoms with Crippen molar-refractivity contribution in [1.82, 2.24) is 10.3 Å². The van der Waals surface area contributed by atoms with Gasteiger partial charge >= 0.3 is 0 Å². The minimum Gasteiger partial charge on any atom is -0.352 e. The van der Waals surface area contributed by atoms with E-state index >= 15 is 0 Å². The molecule has 1 amide bonds. The Hall–Kier alpha value is -2.30.